The molecule has 0 amide bonds. The predicted molar refractivity (Wildman–Crippen MR) is 78.2 cm³/mol. The highest BCUT2D eigenvalue weighted by Gasteiger charge is 2.14. The first-order chi connectivity index (χ1) is 9.38. The molecule has 6 heteroatoms. The minimum absolute atomic E-state index is 0.0178. The van der Waals surface area contributed by atoms with Gasteiger partial charge in [0, 0.05) is 17.7 Å². The molecule has 0 saturated heterocycles. The molecule has 0 heterocycles. The van der Waals surface area contributed by atoms with Crippen molar-refractivity contribution in [2.75, 3.05) is 0 Å². The van der Waals surface area contributed by atoms with Crippen LogP contribution in [0.5, 0.6) is 11.5 Å². The zero-order chi connectivity index (χ0) is 14.9. The normalized spacial score (nSPS) is 12.3. The smallest absolute Gasteiger partial charge is 0.145 e. The van der Waals surface area contributed by atoms with E-state index in [1.165, 1.54) is 24.3 Å². The van der Waals surface area contributed by atoms with Crippen LogP contribution in [0.4, 0.5) is 8.78 Å². The van der Waals surface area contributed by atoms with Crippen LogP contribution in [0.25, 0.3) is 0 Å². The SMILES string of the molecule is CC(N)c1cc(F)ccc1Oc1cc(F)c(Cl)cc1Br. The van der Waals surface area contributed by atoms with Crippen molar-refractivity contribution in [3.8, 4) is 11.5 Å². The van der Waals surface area contributed by atoms with E-state index in [2.05, 4.69) is 15.9 Å². The quantitative estimate of drug-likeness (QED) is 0.762. The van der Waals surface area contributed by atoms with Gasteiger partial charge in [-0.1, -0.05) is 11.6 Å². The highest BCUT2D eigenvalue weighted by atomic mass is 79.9. The Labute approximate surface area is 128 Å². The van der Waals surface area contributed by atoms with Crippen LogP contribution in [0, 0.1) is 11.6 Å². The van der Waals surface area contributed by atoms with E-state index in [0.717, 1.165) is 6.07 Å². The molecule has 2 N–H and O–H groups in total. The van der Waals surface area contributed by atoms with Gasteiger partial charge in [-0.3, -0.25) is 0 Å². The van der Waals surface area contributed by atoms with E-state index < -0.39 is 17.7 Å². The van der Waals surface area contributed by atoms with Gasteiger partial charge < -0.3 is 10.5 Å². The molecule has 0 bridgehead atoms. The van der Waals surface area contributed by atoms with Gasteiger partial charge in [0.15, 0.2) is 0 Å². The molecule has 0 aliphatic rings. The molecule has 0 fully saturated rings. The maximum Gasteiger partial charge on any atom is 0.145 e. The topological polar surface area (TPSA) is 35.2 Å². The van der Waals surface area contributed by atoms with E-state index in [0.29, 0.717) is 15.8 Å². The highest BCUT2D eigenvalue weighted by Crippen LogP contribution is 2.36. The van der Waals surface area contributed by atoms with E-state index in [1.807, 2.05) is 0 Å². The standard InChI is InChI=1S/C14H11BrClF2NO/c1-7(19)9-4-8(17)2-3-13(9)20-14-6-12(18)11(16)5-10(14)15/h2-7H,19H2,1H3. The monoisotopic (exact) mass is 361 g/mol. The largest absolute Gasteiger partial charge is 0.456 e. The van der Waals surface area contributed by atoms with Crippen molar-refractivity contribution in [3.63, 3.8) is 0 Å². The molecule has 0 aromatic heterocycles. The third-order valence-corrected chi connectivity index (χ3v) is 3.57. The van der Waals surface area contributed by atoms with Crippen molar-refractivity contribution < 1.29 is 13.5 Å². The number of benzene rings is 2. The van der Waals surface area contributed by atoms with Crippen molar-refractivity contribution >= 4 is 27.5 Å². The first-order valence-corrected chi connectivity index (χ1v) is 6.93. The predicted octanol–water partition coefficient (Wildman–Crippen LogP) is 5.19. The van der Waals surface area contributed by atoms with Gasteiger partial charge in [-0.2, -0.15) is 0 Å². The summed E-state index contributed by atoms with van der Waals surface area (Å²) in [4.78, 5) is 0. The van der Waals surface area contributed by atoms with Crippen LogP contribution >= 0.6 is 27.5 Å². The van der Waals surface area contributed by atoms with Crippen LogP contribution in [-0.2, 0) is 0 Å². The van der Waals surface area contributed by atoms with E-state index in [1.54, 1.807) is 6.92 Å². The van der Waals surface area contributed by atoms with E-state index >= 15 is 0 Å². The van der Waals surface area contributed by atoms with E-state index in [4.69, 9.17) is 22.1 Å². The second-order valence-corrected chi connectivity index (χ2v) is 5.53. The third kappa shape index (κ3) is 3.29. The second kappa shape index (κ2) is 6.08. The number of hydrogen-bond donors (Lipinski definition) is 1. The maximum atomic E-state index is 13.5. The van der Waals surface area contributed by atoms with Gasteiger partial charge in [-0.25, -0.2) is 8.78 Å². The van der Waals surface area contributed by atoms with Gasteiger partial charge in [0.25, 0.3) is 0 Å². The first kappa shape index (κ1) is 15.2. The summed E-state index contributed by atoms with van der Waals surface area (Å²) in [6, 6.07) is 6.12. The Bertz CT molecular complexity index is 649. The van der Waals surface area contributed by atoms with Gasteiger partial charge in [-0.05, 0) is 47.1 Å². The summed E-state index contributed by atoms with van der Waals surface area (Å²) in [5.74, 6) is -0.412. The van der Waals surface area contributed by atoms with Crippen LogP contribution in [0.1, 0.15) is 18.5 Å². The third-order valence-electron chi connectivity index (χ3n) is 2.66. The van der Waals surface area contributed by atoms with Crippen LogP contribution in [-0.4, -0.2) is 0 Å². The molecule has 2 rings (SSSR count). The number of rotatable bonds is 3. The first-order valence-electron chi connectivity index (χ1n) is 5.76. The molecule has 0 aliphatic heterocycles. The molecular formula is C14H11BrClF2NO. The maximum absolute atomic E-state index is 13.5. The molecule has 1 unspecified atom stereocenters. The summed E-state index contributed by atoms with van der Waals surface area (Å²) in [5.41, 5.74) is 6.27. The summed E-state index contributed by atoms with van der Waals surface area (Å²) < 4.78 is 32.8. The highest BCUT2D eigenvalue weighted by molar-refractivity contribution is 9.10. The van der Waals surface area contributed by atoms with Crippen molar-refractivity contribution in [1.82, 2.24) is 0 Å². The Morgan fingerprint density at radius 3 is 2.55 bits per heavy atom. The minimum Gasteiger partial charge on any atom is -0.456 e. The lowest BCUT2D eigenvalue weighted by Gasteiger charge is -2.15. The summed E-state index contributed by atoms with van der Waals surface area (Å²) >= 11 is 8.89. The molecule has 0 saturated carbocycles. The molecule has 2 aromatic carbocycles. The molecule has 0 spiro atoms. The van der Waals surface area contributed by atoms with Crippen LogP contribution in [0.3, 0.4) is 0 Å². The minimum atomic E-state index is -0.602. The van der Waals surface area contributed by atoms with Crippen molar-refractivity contribution in [2.45, 2.75) is 13.0 Å². The van der Waals surface area contributed by atoms with Crippen molar-refractivity contribution in [2.24, 2.45) is 5.73 Å². The Morgan fingerprint density at radius 2 is 1.90 bits per heavy atom. The van der Waals surface area contributed by atoms with Crippen LogP contribution in [0.15, 0.2) is 34.8 Å². The van der Waals surface area contributed by atoms with Gasteiger partial charge in [0.1, 0.15) is 23.1 Å². The van der Waals surface area contributed by atoms with Crippen molar-refractivity contribution in [1.29, 1.82) is 0 Å². The van der Waals surface area contributed by atoms with E-state index in [-0.39, 0.29) is 10.8 Å². The summed E-state index contributed by atoms with van der Waals surface area (Å²) in [7, 11) is 0. The van der Waals surface area contributed by atoms with Gasteiger partial charge in [-0.15, -0.1) is 0 Å². The van der Waals surface area contributed by atoms with Gasteiger partial charge in [0.2, 0.25) is 0 Å². The molecule has 2 aromatic rings. The van der Waals surface area contributed by atoms with Gasteiger partial charge >= 0.3 is 0 Å². The van der Waals surface area contributed by atoms with E-state index in [9.17, 15) is 8.78 Å². The summed E-state index contributed by atoms with van der Waals surface area (Å²) in [6.45, 7) is 1.71. The molecule has 0 radical (unpaired) electrons. The fraction of sp³-hybridized carbons (Fsp3) is 0.143. The number of hydrogen-bond acceptors (Lipinski definition) is 2. The zero-order valence-corrected chi connectivity index (χ0v) is 12.8. The molecule has 0 aliphatic carbocycles. The fourth-order valence-electron chi connectivity index (χ4n) is 1.67. The Kier molecular flexibility index (Phi) is 4.62. The average molecular weight is 363 g/mol. The summed E-state index contributed by atoms with van der Waals surface area (Å²) in [6.07, 6.45) is 0. The lowest BCUT2D eigenvalue weighted by atomic mass is 10.1. The molecule has 2 nitrogen and oxygen atoms in total. The van der Waals surface area contributed by atoms with Crippen molar-refractivity contribution in [3.05, 3.63) is 57.0 Å². The zero-order valence-electron chi connectivity index (χ0n) is 10.5. The molecular weight excluding hydrogens is 352 g/mol. The number of halogens is 4. The molecule has 106 valence electrons. The Hall–Kier alpha value is -1.17. The van der Waals surface area contributed by atoms with Gasteiger partial charge in [0.05, 0.1) is 9.50 Å². The molecule has 20 heavy (non-hydrogen) atoms. The second-order valence-electron chi connectivity index (χ2n) is 4.27. The lowest BCUT2D eigenvalue weighted by molar-refractivity contribution is 0.461. The molecule has 1 atom stereocenters. The number of nitrogens with two attached hydrogens (primary N) is 1. The summed E-state index contributed by atoms with van der Waals surface area (Å²) in [5, 5.41) is -0.0178. The lowest BCUT2D eigenvalue weighted by Crippen LogP contribution is -2.07. The number of ether oxygens (including phenoxy) is 1. The van der Waals surface area contributed by atoms with Crippen LogP contribution < -0.4 is 10.5 Å². The fourth-order valence-corrected chi connectivity index (χ4v) is 2.39. The Morgan fingerprint density at radius 1 is 1.20 bits per heavy atom. The average Bonchev–Trinajstić information content (AvgIpc) is 2.37. The van der Waals surface area contributed by atoms with Crippen LogP contribution in [0.2, 0.25) is 5.02 Å². The Balaban J connectivity index is 2.42.